The zero-order valence-corrected chi connectivity index (χ0v) is 12.0. The number of benzene rings is 1. The van der Waals surface area contributed by atoms with E-state index in [9.17, 15) is 0 Å². The Morgan fingerprint density at radius 1 is 1.45 bits per heavy atom. The third-order valence-corrected chi connectivity index (χ3v) is 3.51. The molecule has 0 bridgehead atoms. The number of methoxy groups -OCH3 is 1. The highest BCUT2D eigenvalue weighted by Crippen LogP contribution is 2.30. The van der Waals surface area contributed by atoms with E-state index in [1.807, 2.05) is 6.07 Å². The van der Waals surface area contributed by atoms with Gasteiger partial charge in [0.25, 0.3) is 0 Å². The summed E-state index contributed by atoms with van der Waals surface area (Å²) in [6.07, 6.45) is 2.65. The van der Waals surface area contributed by atoms with Gasteiger partial charge in [-0.05, 0) is 43.5 Å². The fraction of sp³-hybridized carbons (Fsp3) is 0.429. The molecule has 1 aliphatic rings. The van der Waals surface area contributed by atoms with Gasteiger partial charge in [-0.1, -0.05) is 16.8 Å². The molecule has 0 spiro atoms. The number of nitrogens with zero attached hydrogens (tertiary/aromatic N) is 2. The molecule has 0 unspecified atom stereocenters. The maximum absolute atomic E-state index is 5.94. The van der Waals surface area contributed by atoms with Gasteiger partial charge in [0.15, 0.2) is 0 Å². The highest BCUT2D eigenvalue weighted by atomic mass is 35.5. The van der Waals surface area contributed by atoms with E-state index < -0.39 is 0 Å². The molecule has 20 heavy (non-hydrogen) atoms. The Kier molecular flexibility index (Phi) is 3.89. The van der Waals surface area contributed by atoms with Gasteiger partial charge in [-0.3, -0.25) is 0 Å². The normalized spacial score (nSPS) is 14.5. The zero-order valence-electron chi connectivity index (χ0n) is 11.2. The average Bonchev–Trinajstić information content (AvgIpc) is 3.16. The smallest absolute Gasteiger partial charge is 0.240 e. The lowest BCUT2D eigenvalue weighted by Gasteiger charge is -2.04. The summed E-state index contributed by atoms with van der Waals surface area (Å²) in [4.78, 5) is 4.37. The van der Waals surface area contributed by atoms with E-state index in [0.717, 1.165) is 18.0 Å². The second-order valence-corrected chi connectivity index (χ2v) is 5.37. The molecule has 1 aromatic carbocycles. The Morgan fingerprint density at radius 2 is 2.30 bits per heavy atom. The first-order chi connectivity index (χ1) is 9.76. The molecule has 1 heterocycles. The van der Waals surface area contributed by atoms with Gasteiger partial charge in [0.05, 0.1) is 19.2 Å². The van der Waals surface area contributed by atoms with E-state index in [4.69, 9.17) is 20.9 Å². The number of nitrogens with one attached hydrogen (secondary N) is 1. The van der Waals surface area contributed by atoms with Gasteiger partial charge in [0, 0.05) is 5.02 Å². The fourth-order valence-corrected chi connectivity index (χ4v) is 2.15. The molecule has 1 aliphatic carbocycles. The summed E-state index contributed by atoms with van der Waals surface area (Å²) in [5, 5.41) is 7.92. The first-order valence-electron chi connectivity index (χ1n) is 6.63. The third kappa shape index (κ3) is 3.11. The average molecular weight is 294 g/mol. The number of aromatic nitrogens is 2. The van der Waals surface area contributed by atoms with Crippen molar-refractivity contribution in [2.45, 2.75) is 19.4 Å². The van der Waals surface area contributed by atoms with Crippen molar-refractivity contribution in [3.8, 4) is 17.1 Å². The second kappa shape index (κ2) is 5.81. The van der Waals surface area contributed by atoms with Crippen LogP contribution in [0.4, 0.5) is 0 Å². The van der Waals surface area contributed by atoms with Gasteiger partial charge in [-0.15, -0.1) is 0 Å². The number of halogens is 1. The number of ether oxygens (including phenoxy) is 1. The first kappa shape index (κ1) is 13.4. The molecule has 1 saturated carbocycles. The van der Waals surface area contributed by atoms with Gasteiger partial charge in [-0.2, -0.15) is 4.98 Å². The summed E-state index contributed by atoms with van der Waals surface area (Å²) in [6, 6.07) is 5.34. The molecule has 3 rings (SSSR count). The predicted molar refractivity (Wildman–Crippen MR) is 75.7 cm³/mol. The molecule has 0 aliphatic heterocycles. The van der Waals surface area contributed by atoms with E-state index in [2.05, 4.69) is 15.5 Å². The zero-order chi connectivity index (χ0) is 13.9. The quantitative estimate of drug-likeness (QED) is 0.887. The lowest BCUT2D eigenvalue weighted by molar-refractivity contribution is 0.366. The van der Waals surface area contributed by atoms with Crippen LogP contribution in [0.25, 0.3) is 11.4 Å². The number of rotatable bonds is 6. The lowest BCUT2D eigenvalue weighted by atomic mass is 10.2. The predicted octanol–water partition coefficient (Wildman–Crippen LogP) is 2.90. The van der Waals surface area contributed by atoms with Crippen molar-refractivity contribution in [3.63, 3.8) is 0 Å². The van der Waals surface area contributed by atoms with Crippen LogP contribution in [0.1, 0.15) is 18.7 Å². The van der Waals surface area contributed by atoms with Crippen molar-refractivity contribution in [2.24, 2.45) is 5.92 Å². The van der Waals surface area contributed by atoms with Gasteiger partial charge >= 0.3 is 0 Å². The van der Waals surface area contributed by atoms with Gasteiger partial charge in [0.1, 0.15) is 5.75 Å². The molecule has 5 nitrogen and oxygen atoms in total. The van der Waals surface area contributed by atoms with Crippen LogP contribution >= 0.6 is 11.6 Å². The molecule has 1 aromatic heterocycles. The fourth-order valence-electron chi connectivity index (χ4n) is 1.99. The van der Waals surface area contributed by atoms with E-state index in [1.165, 1.54) is 12.8 Å². The summed E-state index contributed by atoms with van der Waals surface area (Å²) in [5.74, 6) is 2.56. The van der Waals surface area contributed by atoms with Crippen molar-refractivity contribution in [3.05, 3.63) is 29.1 Å². The molecule has 0 saturated heterocycles. The van der Waals surface area contributed by atoms with Crippen molar-refractivity contribution >= 4 is 11.6 Å². The topological polar surface area (TPSA) is 60.2 Å². The van der Waals surface area contributed by atoms with E-state index in [0.29, 0.717) is 29.0 Å². The Balaban J connectivity index is 1.71. The Hall–Kier alpha value is -1.59. The Morgan fingerprint density at radius 3 is 3.05 bits per heavy atom. The summed E-state index contributed by atoms with van der Waals surface area (Å²) in [6.45, 7) is 1.61. The lowest BCUT2D eigenvalue weighted by Crippen LogP contribution is -2.16. The molecule has 0 amide bonds. The minimum Gasteiger partial charge on any atom is -0.496 e. The van der Waals surface area contributed by atoms with E-state index in [-0.39, 0.29) is 0 Å². The van der Waals surface area contributed by atoms with Gasteiger partial charge in [-0.25, -0.2) is 0 Å². The SMILES string of the molecule is COc1cc(Cl)ccc1-c1noc(CNCC2CC2)n1. The molecular formula is C14H16ClN3O2. The van der Waals surface area contributed by atoms with Crippen molar-refractivity contribution < 1.29 is 9.26 Å². The highest BCUT2D eigenvalue weighted by molar-refractivity contribution is 6.30. The number of hydrogen-bond acceptors (Lipinski definition) is 5. The highest BCUT2D eigenvalue weighted by Gasteiger charge is 2.20. The number of hydrogen-bond donors (Lipinski definition) is 1. The standard InChI is InChI=1S/C14H16ClN3O2/c1-19-12-6-10(15)4-5-11(12)14-17-13(20-18-14)8-16-7-9-2-3-9/h4-6,9,16H,2-3,7-8H2,1H3. The maximum atomic E-state index is 5.94. The van der Waals surface area contributed by atoms with Gasteiger partial charge in [0.2, 0.25) is 11.7 Å². The minimum atomic E-state index is 0.515. The largest absolute Gasteiger partial charge is 0.496 e. The molecule has 2 aromatic rings. The van der Waals surface area contributed by atoms with Crippen molar-refractivity contribution in [1.82, 2.24) is 15.5 Å². The van der Waals surface area contributed by atoms with Crippen LogP contribution in [0.3, 0.4) is 0 Å². The van der Waals surface area contributed by atoms with E-state index >= 15 is 0 Å². The molecule has 1 fully saturated rings. The molecule has 1 N–H and O–H groups in total. The first-order valence-corrected chi connectivity index (χ1v) is 7.01. The third-order valence-electron chi connectivity index (χ3n) is 3.28. The maximum Gasteiger partial charge on any atom is 0.240 e. The van der Waals surface area contributed by atoms with Crippen LogP contribution in [0, 0.1) is 5.92 Å². The van der Waals surface area contributed by atoms with Crippen molar-refractivity contribution in [1.29, 1.82) is 0 Å². The summed E-state index contributed by atoms with van der Waals surface area (Å²) in [7, 11) is 1.59. The van der Waals surface area contributed by atoms with Crippen LogP contribution in [0.2, 0.25) is 5.02 Å². The van der Waals surface area contributed by atoms with E-state index in [1.54, 1.807) is 19.2 Å². The van der Waals surface area contributed by atoms with Crippen LogP contribution in [-0.4, -0.2) is 23.8 Å². The van der Waals surface area contributed by atoms with Gasteiger partial charge < -0.3 is 14.6 Å². The van der Waals surface area contributed by atoms with Crippen LogP contribution in [0.15, 0.2) is 22.7 Å². The van der Waals surface area contributed by atoms with Crippen molar-refractivity contribution in [2.75, 3.05) is 13.7 Å². The molecule has 6 heteroatoms. The Bertz CT molecular complexity index is 596. The second-order valence-electron chi connectivity index (χ2n) is 4.93. The molecular weight excluding hydrogens is 278 g/mol. The summed E-state index contributed by atoms with van der Waals surface area (Å²) < 4.78 is 10.5. The summed E-state index contributed by atoms with van der Waals surface area (Å²) in [5.41, 5.74) is 0.772. The van der Waals surface area contributed by atoms with Crippen LogP contribution < -0.4 is 10.1 Å². The van der Waals surface area contributed by atoms with Crippen LogP contribution in [0.5, 0.6) is 5.75 Å². The monoisotopic (exact) mass is 293 g/mol. The minimum absolute atomic E-state index is 0.515. The summed E-state index contributed by atoms with van der Waals surface area (Å²) >= 11 is 5.94. The molecule has 106 valence electrons. The molecule has 0 atom stereocenters. The molecule has 0 radical (unpaired) electrons. The Labute approximate surface area is 122 Å². The van der Waals surface area contributed by atoms with Crippen LogP contribution in [-0.2, 0) is 6.54 Å².